The summed E-state index contributed by atoms with van der Waals surface area (Å²) in [5, 5.41) is 6.70. The topological polar surface area (TPSA) is 39.7 Å². The zero-order chi connectivity index (χ0) is 13.7. The summed E-state index contributed by atoms with van der Waals surface area (Å²) in [6.45, 7) is 5.05. The largest absolute Gasteiger partial charge is 0.368 e. The van der Waals surface area contributed by atoms with Crippen LogP contribution in [0, 0.1) is 0 Å². The first-order valence-electron chi connectivity index (χ1n) is 6.71. The molecule has 1 heterocycles. The Morgan fingerprint density at radius 3 is 2.85 bits per heavy atom. The molecule has 0 aliphatic carbocycles. The number of anilines is 1. The molecule has 0 radical (unpaired) electrons. The number of hydrogen-bond donors (Lipinski definition) is 2. The van der Waals surface area contributed by atoms with Gasteiger partial charge in [0.05, 0.1) is 5.69 Å². The maximum Gasteiger partial charge on any atom is 0.191 e. The van der Waals surface area contributed by atoms with E-state index in [-0.39, 0.29) is 24.0 Å². The Labute approximate surface area is 146 Å². The quantitative estimate of drug-likeness (QED) is 0.421. The molecule has 1 fully saturated rings. The fourth-order valence-electron chi connectivity index (χ4n) is 2.36. The lowest BCUT2D eigenvalue weighted by atomic mass is 10.3. The predicted octanol–water partition coefficient (Wildman–Crippen LogP) is 2.83. The summed E-state index contributed by atoms with van der Waals surface area (Å²) in [7, 11) is 1.81. The molecular weight excluding hydrogens is 431 g/mol. The monoisotopic (exact) mass is 452 g/mol. The summed E-state index contributed by atoms with van der Waals surface area (Å²) in [4.78, 5) is 6.63. The zero-order valence-corrected chi connectivity index (χ0v) is 15.8. The molecule has 6 heteroatoms. The normalized spacial score (nSPS) is 18.6. The van der Waals surface area contributed by atoms with Gasteiger partial charge >= 0.3 is 0 Å². The van der Waals surface area contributed by atoms with E-state index in [1.54, 1.807) is 0 Å². The summed E-state index contributed by atoms with van der Waals surface area (Å²) in [5.41, 5.74) is 1.27. The van der Waals surface area contributed by atoms with Gasteiger partial charge in [0, 0.05) is 37.2 Å². The number of nitrogens with zero attached hydrogens (tertiary/aromatic N) is 2. The standard InChI is InChI=1S/C14H21BrN4.HI/c1-3-17-14(16-2)18-11-8-9-19(10-11)13-7-5-4-6-12(13)15;/h4-7,11H,3,8-10H2,1-2H3,(H2,16,17,18);1H. The van der Waals surface area contributed by atoms with E-state index >= 15 is 0 Å². The SMILES string of the molecule is CCNC(=NC)NC1CCN(c2ccccc2Br)C1.I. The second-order valence-corrected chi connectivity index (χ2v) is 5.48. The van der Waals surface area contributed by atoms with Crippen LogP contribution < -0.4 is 15.5 Å². The molecule has 1 aliphatic rings. The van der Waals surface area contributed by atoms with Crippen molar-refractivity contribution >= 4 is 51.6 Å². The lowest BCUT2D eigenvalue weighted by Crippen LogP contribution is -2.44. The van der Waals surface area contributed by atoms with Crippen molar-refractivity contribution in [2.24, 2.45) is 4.99 Å². The van der Waals surface area contributed by atoms with Crippen molar-refractivity contribution in [2.45, 2.75) is 19.4 Å². The van der Waals surface area contributed by atoms with Crippen molar-refractivity contribution in [3.63, 3.8) is 0 Å². The van der Waals surface area contributed by atoms with E-state index in [1.807, 2.05) is 13.1 Å². The number of halogens is 2. The van der Waals surface area contributed by atoms with E-state index < -0.39 is 0 Å². The van der Waals surface area contributed by atoms with E-state index in [1.165, 1.54) is 5.69 Å². The molecule has 0 bridgehead atoms. The number of guanidine groups is 1. The van der Waals surface area contributed by atoms with Crippen molar-refractivity contribution in [1.82, 2.24) is 10.6 Å². The number of benzene rings is 1. The molecule has 1 aliphatic heterocycles. The Balaban J connectivity index is 0.00000200. The zero-order valence-electron chi connectivity index (χ0n) is 11.9. The molecule has 4 nitrogen and oxygen atoms in total. The minimum Gasteiger partial charge on any atom is -0.368 e. The van der Waals surface area contributed by atoms with E-state index in [2.05, 4.69) is 61.6 Å². The number of para-hydroxylation sites is 1. The summed E-state index contributed by atoms with van der Waals surface area (Å²) in [6, 6.07) is 8.83. The van der Waals surface area contributed by atoms with Crippen LogP contribution in [0.25, 0.3) is 0 Å². The molecule has 0 saturated carbocycles. The van der Waals surface area contributed by atoms with Crippen LogP contribution in [0.15, 0.2) is 33.7 Å². The number of rotatable bonds is 3. The lowest BCUT2D eigenvalue weighted by molar-refractivity contribution is 0.652. The van der Waals surface area contributed by atoms with Crippen LogP contribution in [0.1, 0.15) is 13.3 Å². The summed E-state index contributed by atoms with van der Waals surface area (Å²) < 4.78 is 1.16. The molecule has 1 aromatic carbocycles. The average Bonchev–Trinajstić information content (AvgIpc) is 2.87. The third kappa shape index (κ3) is 4.51. The highest BCUT2D eigenvalue weighted by Gasteiger charge is 2.24. The van der Waals surface area contributed by atoms with Gasteiger partial charge in [0.25, 0.3) is 0 Å². The molecular formula is C14H22BrIN4. The molecule has 112 valence electrons. The van der Waals surface area contributed by atoms with Crippen molar-refractivity contribution in [1.29, 1.82) is 0 Å². The highest BCUT2D eigenvalue weighted by atomic mass is 127. The Morgan fingerprint density at radius 2 is 2.20 bits per heavy atom. The second kappa shape index (κ2) is 8.71. The highest BCUT2D eigenvalue weighted by molar-refractivity contribution is 14.0. The molecule has 2 N–H and O–H groups in total. The Kier molecular flexibility index (Phi) is 7.65. The fourth-order valence-corrected chi connectivity index (χ4v) is 2.90. The van der Waals surface area contributed by atoms with Crippen molar-refractivity contribution < 1.29 is 0 Å². The molecule has 1 atom stereocenters. The molecule has 20 heavy (non-hydrogen) atoms. The van der Waals surface area contributed by atoms with Crippen LogP contribution in [0.4, 0.5) is 5.69 Å². The van der Waals surface area contributed by atoms with Crippen LogP contribution in [-0.4, -0.2) is 38.7 Å². The number of aliphatic imine (C=N–C) groups is 1. The Bertz CT molecular complexity index is 453. The average molecular weight is 453 g/mol. The summed E-state index contributed by atoms with van der Waals surface area (Å²) >= 11 is 3.62. The molecule has 2 rings (SSSR count). The van der Waals surface area contributed by atoms with Gasteiger partial charge in [-0.15, -0.1) is 24.0 Å². The van der Waals surface area contributed by atoms with Gasteiger partial charge in [0.15, 0.2) is 5.96 Å². The van der Waals surface area contributed by atoms with E-state index in [0.717, 1.165) is 36.5 Å². The van der Waals surface area contributed by atoms with Gasteiger partial charge in [-0.2, -0.15) is 0 Å². The molecule has 1 unspecified atom stereocenters. The third-order valence-electron chi connectivity index (χ3n) is 3.29. The van der Waals surface area contributed by atoms with Crippen LogP contribution in [0.2, 0.25) is 0 Å². The molecule has 0 amide bonds. The van der Waals surface area contributed by atoms with Crippen LogP contribution in [-0.2, 0) is 0 Å². The van der Waals surface area contributed by atoms with Crippen molar-refractivity contribution in [2.75, 3.05) is 31.6 Å². The van der Waals surface area contributed by atoms with E-state index in [4.69, 9.17) is 0 Å². The maximum absolute atomic E-state index is 4.22. The molecule has 0 aromatic heterocycles. The Morgan fingerprint density at radius 1 is 1.45 bits per heavy atom. The van der Waals surface area contributed by atoms with Gasteiger partial charge in [0.2, 0.25) is 0 Å². The lowest BCUT2D eigenvalue weighted by Gasteiger charge is -2.21. The minimum atomic E-state index is 0. The fraction of sp³-hybridized carbons (Fsp3) is 0.500. The van der Waals surface area contributed by atoms with Gasteiger partial charge in [0.1, 0.15) is 0 Å². The van der Waals surface area contributed by atoms with Crippen LogP contribution in [0.5, 0.6) is 0 Å². The Hall–Kier alpha value is -0.500. The number of nitrogens with one attached hydrogen (secondary N) is 2. The van der Waals surface area contributed by atoms with Crippen LogP contribution >= 0.6 is 39.9 Å². The summed E-state index contributed by atoms with van der Waals surface area (Å²) in [5.74, 6) is 0.890. The van der Waals surface area contributed by atoms with E-state index in [0.29, 0.717) is 6.04 Å². The number of hydrogen-bond acceptors (Lipinski definition) is 2. The summed E-state index contributed by atoms with van der Waals surface area (Å²) in [6.07, 6.45) is 1.13. The molecule has 0 spiro atoms. The first kappa shape index (κ1) is 17.6. The highest BCUT2D eigenvalue weighted by Crippen LogP contribution is 2.28. The minimum absolute atomic E-state index is 0. The van der Waals surface area contributed by atoms with Gasteiger partial charge in [-0.1, -0.05) is 12.1 Å². The van der Waals surface area contributed by atoms with Crippen molar-refractivity contribution in [3.05, 3.63) is 28.7 Å². The predicted molar refractivity (Wildman–Crippen MR) is 100 cm³/mol. The maximum atomic E-state index is 4.22. The van der Waals surface area contributed by atoms with Gasteiger partial charge in [-0.3, -0.25) is 4.99 Å². The molecule has 1 aromatic rings. The molecule has 1 saturated heterocycles. The van der Waals surface area contributed by atoms with Crippen LogP contribution in [0.3, 0.4) is 0 Å². The van der Waals surface area contributed by atoms with Gasteiger partial charge < -0.3 is 15.5 Å². The second-order valence-electron chi connectivity index (χ2n) is 4.63. The van der Waals surface area contributed by atoms with Gasteiger partial charge in [-0.05, 0) is 41.4 Å². The third-order valence-corrected chi connectivity index (χ3v) is 3.96. The van der Waals surface area contributed by atoms with Gasteiger partial charge in [-0.25, -0.2) is 0 Å². The smallest absolute Gasteiger partial charge is 0.191 e. The first-order chi connectivity index (χ1) is 9.24. The van der Waals surface area contributed by atoms with Crippen molar-refractivity contribution in [3.8, 4) is 0 Å². The van der Waals surface area contributed by atoms with E-state index in [9.17, 15) is 0 Å². The first-order valence-corrected chi connectivity index (χ1v) is 7.50.